The van der Waals surface area contributed by atoms with Crippen LogP contribution in [0.4, 0.5) is 0 Å². The summed E-state index contributed by atoms with van der Waals surface area (Å²) in [5.41, 5.74) is 0. The SMILES string of the molecule is CCCCNCCOc1c(Cl)cccc1Cl. The Balaban J connectivity index is 2.26. The second kappa shape index (κ2) is 7.77. The molecule has 0 radical (unpaired) electrons. The monoisotopic (exact) mass is 261 g/mol. The predicted octanol–water partition coefficient (Wildman–Crippen LogP) is 3.76. The number of unbranched alkanes of at least 4 members (excludes halogenated alkanes) is 1. The lowest BCUT2D eigenvalue weighted by Gasteiger charge is -2.10. The fourth-order valence-corrected chi connectivity index (χ4v) is 1.78. The van der Waals surface area contributed by atoms with E-state index in [0.717, 1.165) is 13.1 Å². The van der Waals surface area contributed by atoms with Gasteiger partial charge >= 0.3 is 0 Å². The first kappa shape index (κ1) is 13.6. The molecule has 0 aromatic heterocycles. The van der Waals surface area contributed by atoms with Gasteiger partial charge in [0.2, 0.25) is 0 Å². The van der Waals surface area contributed by atoms with Crippen molar-refractivity contribution in [2.75, 3.05) is 19.7 Å². The average Bonchev–Trinajstić information content (AvgIpc) is 2.26. The van der Waals surface area contributed by atoms with Crippen LogP contribution in [0, 0.1) is 0 Å². The molecule has 4 heteroatoms. The quantitative estimate of drug-likeness (QED) is 0.755. The smallest absolute Gasteiger partial charge is 0.156 e. The van der Waals surface area contributed by atoms with Crippen molar-refractivity contribution in [1.29, 1.82) is 0 Å². The van der Waals surface area contributed by atoms with Crippen LogP contribution < -0.4 is 10.1 Å². The van der Waals surface area contributed by atoms with Crippen molar-refractivity contribution < 1.29 is 4.74 Å². The van der Waals surface area contributed by atoms with Crippen LogP contribution in [-0.2, 0) is 0 Å². The molecule has 0 heterocycles. The maximum absolute atomic E-state index is 5.96. The molecule has 0 saturated carbocycles. The molecule has 0 aliphatic rings. The lowest BCUT2D eigenvalue weighted by atomic mass is 10.3. The molecule has 0 aliphatic carbocycles. The molecular weight excluding hydrogens is 245 g/mol. The van der Waals surface area contributed by atoms with Crippen LogP contribution in [0.3, 0.4) is 0 Å². The summed E-state index contributed by atoms with van der Waals surface area (Å²) < 4.78 is 5.52. The maximum Gasteiger partial charge on any atom is 0.156 e. The number of halogens is 2. The fraction of sp³-hybridized carbons (Fsp3) is 0.500. The van der Waals surface area contributed by atoms with E-state index in [9.17, 15) is 0 Å². The van der Waals surface area contributed by atoms with E-state index in [2.05, 4.69) is 12.2 Å². The molecule has 0 spiro atoms. The lowest BCUT2D eigenvalue weighted by Crippen LogP contribution is -2.22. The van der Waals surface area contributed by atoms with Gasteiger partial charge in [-0.2, -0.15) is 0 Å². The third-order valence-corrected chi connectivity index (χ3v) is 2.75. The number of rotatable bonds is 7. The molecule has 16 heavy (non-hydrogen) atoms. The maximum atomic E-state index is 5.96. The second-order valence-corrected chi connectivity index (χ2v) is 4.32. The molecule has 1 aromatic carbocycles. The van der Waals surface area contributed by atoms with E-state index < -0.39 is 0 Å². The molecule has 0 aliphatic heterocycles. The largest absolute Gasteiger partial charge is 0.489 e. The van der Waals surface area contributed by atoms with Crippen LogP contribution in [-0.4, -0.2) is 19.7 Å². The van der Waals surface area contributed by atoms with Crippen LogP contribution >= 0.6 is 23.2 Å². The summed E-state index contributed by atoms with van der Waals surface area (Å²) in [5.74, 6) is 0.572. The predicted molar refractivity (Wildman–Crippen MR) is 69.7 cm³/mol. The Morgan fingerprint density at radius 1 is 1.19 bits per heavy atom. The van der Waals surface area contributed by atoms with E-state index in [0.29, 0.717) is 22.4 Å². The highest BCUT2D eigenvalue weighted by atomic mass is 35.5. The molecule has 0 bridgehead atoms. The van der Waals surface area contributed by atoms with Gasteiger partial charge in [0, 0.05) is 6.54 Å². The molecule has 0 saturated heterocycles. The van der Waals surface area contributed by atoms with Crippen molar-refractivity contribution in [3.05, 3.63) is 28.2 Å². The van der Waals surface area contributed by atoms with Gasteiger partial charge in [0.15, 0.2) is 5.75 Å². The molecule has 1 rings (SSSR count). The first-order chi connectivity index (χ1) is 7.75. The third-order valence-electron chi connectivity index (χ3n) is 2.15. The normalized spacial score (nSPS) is 10.4. The van der Waals surface area contributed by atoms with Gasteiger partial charge in [0.05, 0.1) is 10.0 Å². The topological polar surface area (TPSA) is 21.3 Å². The second-order valence-electron chi connectivity index (χ2n) is 3.50. The zero-order valence-corrected chi connectivity index (χ0v) is 10.9. The summed E-state index contributed by atoms with van der Waals surface area (Å²) in [7, 11) is 0. The Bertz CT molecular complexity index is 298. The molecular formula is C12H17Cl2NO. The number of para-hydroxylation sites is 1. The number of hydrogen-bond acceptors (Lipinski definition) is 2. The Labute approximate surface area is 107 Å². The van der Waals surface area contributed by atoms with Gasteiger partial charge in [0.25, 0.3) is 0 Å². The van der Waals surface area contributed by atoms with E-state index in [1.54, 1.807) is 18.2 Å². The number of nitrogens with one attached hydrogen (secondary N) is 1. The Kier molecular flexibility index (Phi) is 6.62. The molecule has 1 N–H and O–H groups in total. The summed E-state index contributed by atoms with van der Waals surface area (Å²) in [5, 5.41) is 4.40. The third kappa shape index (κ3) is 4.60. The highest BCUT2D eigenvalue weighted by molar-refractivity contribution is 6.37. The fourth-order valence-electron chi connectivity index (χ4n) is 1.27. The van der Waals surface area contributed by atoms with Gasteiger partial charge in [-0.25, -0.2) is 0 Å². The minimum Gasteiger partial charge on any atom is -0.489 e. The zero-order chi connectivity index (χ0) is 11.8. The summed E-state index contributed by atoms with van der Waals surface area (Å²) in [4.78, 5) is 0. The van der Waals surface area contributed by atoms with Gasteiger partial charge in [0.1, 0.15) is 6.61 Å². The van der Waals surface area contributed by atoms with Gasteiger partial charge in [-0.05, 0) is 25.1 Å². The lowest BCUT2D eigenvalue weighted by molar-refractivity contribution is 0.314. The standard InChI is InChI=1S/C12H17Cl2NO/c1-2-3-7-15-8-9-16-12-10(13)5-4-6-11(12)14/h4-6,15H,2-3,7-9H2,1H3. The van der Waals surface area contributed by atoms with Gasteiger partial charge in [-0.15, -0.1) is 0 Å². The van der Waals surface area contributed by atoms with Crippen LogP contribution in [0.25, 0.3) is 0 Å². The minimum atomic E-state index is 0.557. The molecule has 0 amide bonds. The summed E-state index contributed by atoms with van der Waals surface area (Å²) in [6, 6.07) is 5.34. The molecule has 2 nitrogen and oxygen atoms in total. The van der Waals surface area contributed by atoms with Crippen molar-refractivity contribution in [3.8, 4) is 5.75 Å². The van der Waals surface area contributed by atoms with Crippen molar-refractivity contribution in [1.82, 2.24) is 5.32 Å². The molecule has 0 atom stereocenters. The van der Waals surface area contributed by atoms with Crippen LogP contribution in [0.1, 0.15) is 19.8 Å². The van der Waals surface area contributed by atoms with Crippen LogP contribution in [0.15, 0.2) is 18.2 Å². The highest BCUT2D eigenvalue weighted by Crippen LogP contribution is 2.31. The Morgan fingerprint density at radius 2 is 1.88 bits per heavy atom. The molecule has 0 fully saturated rings. The van der Waals surface area contributed by atoms with Crippen molar-refractivity contribution >= 4 is 23.2 Å². The first-order valence-electron chi connectivity index (χ1n) is 5.53. The minimum absolute atomic E-state index is 0.557. The van der Waals surface area contributed by atoms with Crippen LogP contribution in [0.2, 0.25) is 10.0 Å². The van der Waals surface area contributed by atoms with E-state index in [4.69, 9.17) is 27.9 Å². The van der Waals surface area contributed by atoms with Crippen LogP contribution in [0.5, 0.6) is 5.75 Å². The van der Waals surface area contributed by atoms with E-state index in [-0.39, 0.29) is 0 Å². The average molecular weight is 262 g/mol. The summed E-state index contributed by atoms with van der Waals surface area (Å²) in [6.07, 6.45) is 2.39. The van der Waals surface area contributed by atoms with E-state index in [1.807, 2.05) is 0 Å². The van der Waals surface area contributed by atoms with Gasteiger partial charge in [-0.3, -0.25) is 0 Å². The molecule has 0 unspecified atom stereocenters. The van der Waals surface area contributed by atoms with Crippen molar-refractivity contribution in [3.63, 3.8) is 0 Å². The highest BCUT2D eigenvalue weighted by Gasteiger charge is 2.05. The summed E-state index contributed by atoms with van der Waals surface area (Å²) in [6.45, 7) is 4.58. The Morgan fingerprint density at radius 3 is 2.50 bits per heavy atom. The van der Waals surface area contributed by atoms with E-state index in [1.165, 1.54) is 12.8 Å². The number of benzene rings is 1. The van der Waals surface area contributed by atoms with Gasteiger partial charge < -0.3 is 10.1 Å². The first-order valence-corrected chi connectivity index (χ1v) is 6.28. The van der Waals surface area contributed by atoms with Crippen molar-refractivity contribution in [2.45, 2.75) is 19.8 Å². The Hall–Kier alpha value is -0.440. The number of ether oxygens (including phenoxy) is 1. The van der Waals surface area contributed by atoms with Gasteiger partial charge in [-0.1, -0.05) is 42.6 Å². The van der Waals surface area contributed by atoms with Crippen molar-refractivity contribution in [2.24, 2.45) is 0 Å². The molecule has 1 aromatic rings. The van der Waals surface area contributed by atoms with E-state index >= 15 is 0 Å². The zero-order valence-electron chi connectivity index (χ0n) is 9.43. The summed E-state index contributed by atoms with van der Waals surface area (Å²) >= 11 is 11.9. The molecule has 90 valence electrons. The number of hydrogen-bond donors (Lipinski definition) is 1.